The summed E-state index contributed by atoms with van der Waals surface area (Å²) in [5, 5.41) is 2.48. The van der Waals surface area contributed by atoms with Gasteiger partial charge in [-0.2, -0.15) is 0 Å². The zero-order chi connectivity index (χ0) is 16.5. The maximum absolute atomic E-state index is 11.7. The van der Waals surface area contributed by atoms with E-state index in [9.17, 15) is 14.4 Å². The lowest BCUT2D eigenvalue weighted by Crippen LogP contribution is -2.46. The van der Waals surface area contributed by atoms with E-state index in [2.05, 4.69) is 21.2 Å². The number of hydrogen-bond donors (Lipinski definition) is 3. The molecule has 0 saturated carbocycles. The minimum absolute atomic E-state index is 0.181. The molecule has 2 rings (SSSR count). The molecule has 7 heteroatoms. The fourth-order valence-electron chi connectivity index (χ4n) is 1.75. The minimum Gasteiger partial charge on any atom is -0.347 e. The summed E-state index contributed by atoms with van der Waals surface area (Å²) < 4.78 is 0. The van der Waals surface area contributed by atoms with Crippen LogP contribution in [0, 0.1) is 0 Å². The van der Waals surface area contributed by atoms with Gasteiger partial charge in [0.15, 0.2) is 0 Å². The van der Waals surface area contributed by atoms with E-state index >= 15 is 0 Å². The molecule has 0 aliphatic rings. The highest BCUT2D eigenvalue weighted by Crippen LogP contribution is 1.98. The Bertz CT molecular complexity index is 674. The fraction of sp³-hybridized carbons (Fsp3) is 0.125. The summed E-state index contributed by atoms with van der Waals surface area (Å²) in [7, 11) is 0. The van der Waals surface area contributed by atoms with E-state index in [4.69, 9.17) is 0 Å². The van der Waals surface area contributed by atoms with Gasteiger partial charge in [0.1, 0.15) is 5.69 Å². The smallest absolute Gasteiger partial charge is 0.288 e. The lowest BCUT2D eigenvalue weighted by molar-refractivity contribution is -0.126. The number of hydrogen-bond acceptors (Lipinski definition) is 4. The molecule has 2 aromatic rings. The highest BCUT2D eigenvalue weighted by Gasteiger charge is 2.09. The van der Waals surface area contributed by atoms with Crippen LogP contribution in [0.25, 0.3) is 0 Å². The highest BCUT2D eigenvalue weighted by atomic mass is 16.2. The van der Waals surface area contributed by atoms with Crippen LogP contribution in [0.3, 0.4) is 0 Å². The van der Waals surface area contributed by atoms with Crippen LogP contribution < -0.4 is 16.2 Å². The van der Waals surface area contributed by atoms with Gasteiger partial charge in [0.2, 0.25) is 5.91 Å². The number of nitrogens with one attached hydrogen (secondary N) is 3. The van der Waals surface area contributed by atoms with E-state index in [0.717, 1.165) is 5.56 Å². The SMILES string of the molecule is O=C(Cc1ccccc1)NCC(=O)NNC(=O)c1ccccn1. The van der Waals surface area contributed by atoms with Crippen LogP contribution in [-0.2, 0) is 16.0 Å². The van der Waals surface area contributed by atoms with Crippen molar-refractivity contribution in [2.45, 2.75) is 6.42 Å². The third-order valence-electron chi connectivity index (χ3n) is 2.87. The Morgan fingerprint density at radius 2 is 1.61 bits per heavy atom. The van der Waals surface area contributed by atoms with Crippen LogP contribution in [0.15, 0.2) is 54.7 Å². The first-order chi connectivity index (χ1) is 11.1. The van der Waals surface area contributed by atoms with Crippen LogP contribution in [0.2, 0.25) is 0 Å². The summed E-state index contributed by atoms with van der Waals surface area (Å²) >= 11 is 0. The Labute approximate surface area is 133 Å². The lowest BCUT2D eigenvalue weighted by atomic mass is 10.1. The summed E-state index contributed by atoms with van der Waals surface area (Å²) in [6.07, 6.45) is 1.66. The Hall–Kier alpha value is -3.22. The number of nitrogens with zero attached hydrogens (tertiary/aromatic N) is 1. The molecule has 0 radical (unpaired) electrons. The molecule has 3 N–H and O–H groups in total. The number of carbonyl (C=O) groups excluding carboxylic acids is 3. The number of hydrazine groups is 1. The van der Waals surface area contributed by atoms with Gasteiger partial charge in [-0.1, -0.05) is 36.4 Å². The van der Waals surface area contributed by atoms with Crippen molar-refractivity contribution in [1.29, 1.82) is 0 Å². The molecular weight excluding hydrogens is 296 g/mol. The van der Waals surface area contributed by atoms with Gasteiger partial charge in [0, 0.05) is 6.20 Å². The number of aromatic nitrogens is 1. The Balaban J connectivity index is 1.69. The van der Waals surface area contributed by atoms with Gasteiger partial charge in [-0.15, -0.1) is 0 Å². The molecule has 0 atom stereocenters. The summed E-state index contributed by atoms with van der Waals surface area (Å²) in [5.74, 6) is -1.34. The molecule has 0 saturated heterocycles. The summed E-state index contributed by atoms with van der Waals surface area (Å²) in [6.45, 7) is -0.228. The Morgan fingerprint density at radius 1 is 0.870 bits per heavy atom. The van der Waals surface area contributed by atoms with Gasteiger partial charge in [-0.3, -0.25) is 30.2 Å². The Morgan fingerprint density at radius 3 is 2.30 bits per heavy atom. The van der Waals surface area contributed by atoms with Crippen molar-refractivity contribution in [3.8, 4) is 0 Å². The lowest BCUT2D eigenvalue weighted by Gasteiger charge is -2.08. The van der Waals surface area contributed by atoms with Crippen molar-refractivity contribution in [3.05, 3.63) is 66.0 Å². The van der Waals surface area contributed by atoms with Crippen LogP contribution in [0.1, 0.15) is 16.1 Å². The molecule has 23 heavy (non-hydrogen) atoms. The molecule has 0 bridgehead atoms. The maximum Gasteiger partial charge on any atom is 0.288 e. The molecule has 0 unspecified atom stereocenters. The molecule has 7 nitrogen and oxygen atoms in total. The van der Waals surface area contributed by atoms with Crippen molar-refractivity contribution >= 4 is 17.7 Å². The van der Waals surface area contributed by atoms with E-state index in [0.29, 0.717) is 0 Å². The first kappa shape index (κ1) is 16.2. The number of pyridine rings is 1. The molecule has 0 aliphatic carbocycles. The van der Waals surface area contributed by atoms with Gasteiger partial charge in [0.25, 0.3) is 11.8 Å². The van der Waals surface area contributed by atoms with Crippen molar-refractivity contribution in [2.24, 2.45) is 0 Å². The second-order valence-electron chi connectivity index (χ2n) is 4.66. The maximum atomic E-state index is 11.7. The van der Waals surface area contributed by atoms with Crippen LogP contribution >= 0.6 is 0 Å². The predicted octanol–water partition coefficient (Wildman–Crippen LogP) is 0.201. The third kappa shape index (κ3) is 5.58. The van der Waals surface area contributed by atoms with E-state index < -0.39 is 11.8 Å². The number of amides is 3. The first-order valence-electron chi connectivity index (χ1n) is 6.96. The number of rotatable bonds is 5. The second kappa shape index (κ2) is 8.28. The van der Waals surface area contributed by atoms with E-state index in [-0.39, 0.29) is 24.6 Å². The van der Waals surface area contributed by atoms with Crippen molar-refractivity contribution < 1.29 is 14.4 Å². The molecule has 1 aromatic heterocycles. The van der Waals surface area contributed by atoms with Gasteiger partial charge in [-0.05, 0) is 17.7 Å². The summed E-state index contributed by atoms with van der Waals surface area (Å²) in [6, 6.07) is 14.0. The van der Waals surface area contributed by atoms with Gasteiger partial charge in [0.05, 0.1) is 13.0 Å². The summed E-state index contributed by atoms with van der Waals surface area (Å²) in [4.78, 5) is 38.8. The molecule has 0 spiro atoms. The van der Waals surface area contributed by atoms with Crippen molar-refractivity contribution in [2.75, 3.05) is 6.54 Å². The molecule has 0 fully saturated rings. The van der Waals surface area contributed by atoms with E-state index in [1.54, 1.807) is 12.1 Å². The minimum atomic E-state index is -0.533. The predicted molar refractivity (Wildman–Crippen MR) is 83.0 cm³/mol. The standard InChI is InChI=1S/C16H16N4O3/c21-14(10-12-6-2-1-3-7-12)18-11-15(22)19-20-16(23)13-8-4-5-9-17-13/h1-9H,10-11H2,(H,18,21)(H,19,22)(H,20,23). The third-order valence-corrected chi connectivity index (χ3v) is 2.87. The average molecular weight is 312 g/mol. The van der Waals surface area contributed by atoms with Gasteiger partial charge in [-0.25, -0.2) is 0 Å². The zero-order valence-corrected chi connectivity index (χ0v) is 12.3. The molecule has 3 amide bonds. The first-order valence-corrected chi connectivity index (χ1v) is 6.96. The van der Waals surface area contributed by atoms with Gasteiger partial charge < -0.3 is 5.32 Å². The quantitative estimate of drug-likeness (QED) is 0.687. The normalized spacial score (nSPS) is 9.74. The molecule has 0 aliphatic heterocycles. The molecular formula is C16H16N4O3. The molecule has 1 heterocycles. The zero-order valence-electron chi connectivity index (χ0n) is 12.3. The second-order valence-corrected chi connectivity index (χ2v) is 4.66. The van der Waals surface area contributed by atoms with Crippen LogP contribution in [0.5, 0.6) is 0 Å². The molecule has 1 aromatic carbocycles. The van der Waals surface area contributed by atoms with Crippen LogP contribution in [-0.4, -0.2) is 29.3 Å². The average Bonchev–Trinajstić information content (AvgIpc) is 2.59. The number of carbonyl (C=O) groups is 3. The van der Waals surface area contributed by atoms with Crippen molar-refractivity contribution in [1.82, 2.24) is 21.2 Å². The van der Waals surface area contributed by atoms with E-state index in [1.807, 2.05) is 30.3 Å². The largest absolute Gasteiger partial charge is 0.347 e. The van der Waals surface area contributed by atoms with Gasteiger partial charge >= 0.3 is 0 Å². The molecule has 118 valence electrons. The Kier molecular flexibility index (Phi) is 5.81. The summed E-state index contributed by atoms with van der Waals surface area (Å²) in [5.41, 5.74) is 5.46. The number of benzene rings is 1. The fourth-order valence-corrected chi connectivity index (χ4v) is 1.75. The van der Waals surface area contributed by atoms with Crippen molar-refractivity contribution in [3.63, 3.8) is 0 Å². The monoisotopic (exact) mass is 312 g/mol. The van der Waals surface area contributed by atoms with Crippen LogP contribution in [0.4, 0.5) is 0 Å². The topological polar surface area (TPSA) is 100 Å². The highest BCUT2D eigenvalue weighted by molar-refractivity contribution is 5.94. The van der Waals surface area contributed by atoms with E-state index in [1.165, 1.54) is 12.3 Å².